The van der Waals surface area contributed by atoms with Crippen LogP contribution in [0.25, 0.3) is 0 Å². The first-order valence-corrected chi connectivity index (χ1v) is 8.01. The molecule has 0 saturated carbocycles. The van der Waals surface area contributed by atoms with Gasteiger partial charge in [0.05, 0.1) is 22.8 Å². The Morgan fingerprint density at radius 3 is 2.81 bits per heavy atom. The lowest BCUT2D eigenvalue weighted by Crippen LogP contribution is -2.24. The first kappa shape index (κ1) is 15.7. The van der Waals surface area contributed by atoms with E-state index in [4.69, 9.17) is 9.88 Å². The van der Waals surface area contributed by atoms with E-state index in [1.807, 2.05) is 4.90 Å². The van der Waals surface area contributed by atoms with Crippen molar-refractivity contribution >= 4 is 21.7 Å². The zero-order valence-electron chi connectivity index (χ0n) is 11.7. The van der Waals surface area contributed by atoms with E-state index >= 15 is 0 Å². The maximum absolute atomic E-state index is 11.4. The molecule has 0 radical (unpaired) electrons. The van der Waals surface area contributed by atoms with Gasteiger partial charge in [0.2, 0.25) is 10.0 Å². The number of primary sulfonamides is 1. The molecule has 0 bridgehead atoms. The van der Waals surface area contributed by atoms with Gasteiger partial charge in [-0.25, -0.2) is 18.4 Å². The van der Waals surface area contributed by atoms with Gasteiger partial charge in [0.1, 0.15) is 0 Å². The SMILES string of the molecule is COCC1CCN(c2ccc(S(N)(=O)=O)cc2C(=O)O)C1. The van der Waals surface area contributed by atoms with Gasteiger partial charge >= 0.3 is 5.97 Å². The van der Waals surface area contributed by atoms with Gasteiger partial charge in [0.15, 0.2) is 0 Å². The van der Waals surface area contributed by atoms with Crippen molar-refractivity contribution in [2.75, 3.05) is 31.7 Å². The minimum atomic E-state index is -3.92. The molecule has 0 amide bonds. The molecule has 1 unspecified atom stereocenters. The van der Waals surface area contributed by atoms with Crippen LogP contribution in [0.15, 0.2) is 23.1 Å². The van der Waals surface area contributed by atoms with Crippen molar-refractivity contribution in [1.82, 2.24) is 0 Å². The summed E-state index contributed by atoms with van der Waals surface area (Å²) in [5.74, 6) is -0.833. The van der Waals surface area contributed by atoms with Crippen LogP contribution < -0.4 is 10.0 Å². The summed E-state index contributed by atoms with van der Waals surface area (Å²) in [4.78, 5) is 13.1. The fraction of sp³-hybridized carbons (Fsp3) is 0.462. The van der Waals surface area contributed by atoms with Crippen molar-refractivity contribution in [2.45, 2.75) is 11.3 Å². The molecule has 0 spiro atoms. The molecule has 1 saturated heterocycles. The number of hydrogen-bond donors (Lipinski definition) is 2. The first-order chi connectivity index (χ1) is 9.82. The van der Waals surface area contributed by atoms with Crippen LogP contribution in [0.1, 0.15) is 16.8 Å². The van der Waals surface area contributed by atoms with Gasteiger partial charge in [-0.3, -0.25) is 0 Å². The summed E-state index contributed by atoms with van der Waals surface area (Å²) in [7, 11) is -2.29. The standard InChI is InChI=1S/C13H18N2O5S/c1-20-8-9-4-5-15(7-9)12-3-2-10(21(14,18)19)6-11(12)13(16)17/h2-3,6,9H,4-5,7-8H2,1H3,(H,16,17)(H2,14,18,19). The van der Waals surface area contributed by atoms with Crippen molar-refractivity contribution in [2.24, 2.45) is 11.1 Å². The van der Waals surface area contributed by atoms with Crippen LogP contribution in [0.2, 0.25) is 0 Å². The number of carboxylic acids is 1. The lowest BCUT2D eigenvalue weighted by Gasteiger charge is -2.21. The topological polar surface area (TPSA) is 110 Å². The number of aromatic carboxylic acids is 1. The van der Waals surface area contributed by atoms with E-state index in [2.05, 4.69) is 0 Å². The summed E-state index contributed by atoms with van der Waals surface area (Å²) in [6.07, 6.45) is 0.907. The molecule has 7 nitrogen and oxygen atoms in total. The van der Waals surface area contributed by atoms with Crippen molar-refractivity contribution in [3.63, 3.8) is 0 Å². The average Bonchev–Trinajstić information content (AvgIpc) is 2.86. The number of carbonyl (C=O) groups is 1. The molecular weight excluding hydrogens is 296 g/mol. The largest absolute Gasteiger partial charge is 0.478 e. The van der Waals surface area contributed by atoms with E-state index < -0.39 is 16.0 Å². The predicted octanol–water partition coefficient (Wildman–Crippen LogP) is 0.505. The molecule has 1 aliphatic heterocycles. The fourth-order valence-electron chi connectivity index (χ4n) is 2.56. The fourth-order valence-corrected chi connectivity index (χ4v) is 3.10. The summed E-state index contributed by atoms with van der Waals surface area (Å²) in [6, 6.07) is 3.94. The average molecular weight is 314 g/mol. The second-order valence-corrected chi connectivity index (χ2v) is 6.65. The highest BCUT2D eigenvalue weighted by molar-refractivity contribution is 7.89. The van der Waals surface area contributed by atoms with Crippen LogP contribution in [-0.4, -0.2) is 46.3 Å². The molecule has 1 fully saturated rings. The quantitative estimate of drug-likeness (QED) is 0.819. The number of ether oxygens (including phenoxy) is 1. The minimum Gasteiger partial charge on any atom is -0.478 e. The number of carboxylic acid groups (broad SMARTS) is 1. The Balaban J connectivity index is 2.34. The summed E-state index contributed by atoms with van der Waals surface area (Å²) in [5.41, 5.74) is 0.452. The summed E-state index contributed by atoms with van der Waals surface area (Å²) >= 11 is 0. The van der Waals surface area contributed by atoms with Crippen molar-refractivity contribution < 1.29 is 23.1 Å². The molecule has 8 heteroatoms. The molecule has 116 valence electrons. The molecule has 1 atom stereocenters. The van der Waals surface area contributed by atoms with E-state index in [0.717, 1.165) is 12.5 Å². The molecule has 3 N–H and O–H groups in total. The Kier molecular flexibility index (Phi) is 4.50. The molecule has 1 aromatic rings. The van der Waals surface area contributed by atoms with Gasteiger partial charge in [-0.2, -0.15) is 0 Å². The Labute approximate surface area is 123 Å². The maximum atomic E-state index is 11.4. The maximum Gasteiger partial charge on any atom is 0.337 e. The Hall–Kier alpha value is -1.64. The Morgan fingerprint density at radius 1 is 1.52 bits per heavy atom. The third kappa shape index (κ3) is 3.52. The van der Waals surface area contributed by atoms with E-state index in [9.17, 15) is 18.3 Å². The van der Waals surface area contributed by atoms with Gasteiger partial charge in [-0.05, 0) is 24.6 Å². The number of benzene rings is 1. The number of methoxy groups -OCH3 is 1. The zero-order valence-corrected chi connectivity index (χ0v) is 12.5. The van der Waals surface area contributed by atoms with Crippen molar-refractivity contribution in [1.29, 1.82) is 0 Å². The Bertz CT molecular complexity index is 644. The second kappa shape index (κ2) is 6.00. The van der Waals surface area contributed by atoms with Crippen LogP contribution in [0, 0.1) is 5.92 Å². The number of nitrogens with zero attached hydrogens (tertiary/aromatic N) is 1. The lowest BCUT2D eigenvalue weighted by atomic mass is 10.1. The first-order valence-electron chi connectivity index (χ1n) is 6.47. The van der Waals surface area contributed by atoms with Gasteiger partial charge in [0.25, 0.3) is 0 Å². The number of nitrogens with two attached hydrogens (primary N) is 1. The second-order valence-electron chi connectivity index (χ2n) is 5.09. The van der Waals surface area contributed by atoms with E-state index in [1.54, 1.807) is 7.11 Å². The summed E-state index contributed by atoms with van der Waals surface area (Å²) in [5, 5.41) is 14.3. The van der Waals surface area contributed by atoms with Crippen LogP contribution in [-0.2, 0) is 14.8 Å². The van der Waals surface area contributed by atoms with Crippen molar-refractivity contribution in [3.8, 4) is 0 Å². The van der Waals surface area contributed by atoms with Gasteiger partial charge in [-0.1, -0.05) is 0 Å². The third-order valence-corrected chi connectivity index (χ3v) is 4.47. The van der Waals surface area contributed by atoms with Gasteiger partial charge in [-0.15, -0.1) is 0 Å². The number of rotatable bonds is 5. The third-order valence-electron chi connectivity index (χ3n) is 3.56. The van der Waals surface area contributed by atoms with Crippen molar-refractivity contribution in [3.05, 3.63) is 23.8 Å². The Morgan fingerprint density at radius 2 is 2.24 bits per heavy atom. The smallest absolute Gasteiger partial charge is 0.337 e. The zero-order chi connectivity index (χ0) is 15.6. The molecule has 0 aliphatic carbocycles. The van der Waals surface area contributed by atoms with E-state index in [-0.39, 0.29) is 10.5 Å². The predicted molar refractivity (Wildman–Crippen MR) is 77.0 cm³/mol. The highest BCUT2D eigenvalue weighted by atomic mass is 32.2. The summed E-state index contributed by atoms with van der Waals surface area (Å²) < 4.78 is 27.8. The monoisotopic (exact) mass is 314 g/mol. The highest BCUT2D eigenvalue weighted by Crippen LogP contribution is 2.29. The van der Waals surface area contributed by atoms with E-state index in [0.29, 0.717) is 31.3 Å². The number of sulfonamides is 1. The molecule has 0 aromatic heterocycles. The minimum absolute atomic E-state index is 0.0559. The normalized spacial score (nSPS) is 19.0. The van der Waals surface area contributed by atoms with Crippen LogP contribution in [0.4, 0.5) is 5.69 Å². The van der Waals surface area contributed by atoms with Crippen LogP contribution in [0.3, 0.4) is 0 Å². The molecule has 1 aromatic carbocycles. The van der Waals surface area contributed by atoms with Gasteiger partial charge < -0.3 is 14.7 Å². The molecule has 21 heavy (non-hydrogen) atoms. The van der Waals surface area contributed by atoms with Crippen LogP contribution in [0.5, 0.6) is 0 Å². The number of hydrogen-bond acceptors (Lipinski definition) is 5. The molecule has 2 rings (SSSR count). The van der Waals surface area contributed by atoms with E-state index in [1.165, 1.54) is 12.1 Å². The summed E-state index contributed by atoms with van der Waals surface area (Å²) in [6.45, 7) is 2.01. The molecule has 1 aliphatic rings. The molecular formula is C13H18N2O5S. The number of anilines is 1. The lowest BCUT2D eigenvalue weighted by molar-refractivity contribution is 0.0697. The van der Waals surface area contributed by atoms with Gasteiger partial charge in [0, 0.05) is 26.1 Å². The highest BCUT2D eigenvalue weighted by Gasteiger charge is 2.26. The molecule has 1 heterocycles. The van der Waals surface area contributed by atoms with Crippen LogP contribution >= 0.6 is 0 Å².